The van der Waals surface area contributed by atoms with E-state index in [-0.39, 0.29) is 0 Å². The van der Waals surface area contributed by atoms with Crippen molar-refractivity contribution in [2.75, 3.05) is 0 Å². The number of allylic oxidation sites excluding steroid dienone is 2. The SMILES string of the molecule is C=C(C)C(=C)CCCCCCCCc1ccc(/N=N/c2ccc(C#Cc3ccccn3)c(C)c2)cc1. The molecule has 0 bridgehead atoms. The molecule has 3 aromatic rings. The zero-order valence-electron chi connectivity index (χ0n) is 21.8. The number of hydrogen-bond donors (Lipinski definition) is 0. The summed E-state index contributed by atoms with van der Waals surface area (Å²) in [7, 11) is 0. The molecular weight excluding hydrogens is 438 g/mol. The van der Waals surface area contributed by atoms with E-state index in [9.17, 15) is 0 Å². The molecule has 0 aliphatic carbocycles. The predicted octanol–water partition coefficient (Wildman–Crippen LogP) is 9.61. The van der Waals surface area contributed by atoms with E-state index in [2.05, 4.69) is 52.3 Å². The number of nitrogens with zero attached hydrogens (tertiary/aromatic N) is 3. The third-order valence-corrected chi connectivity index (χ3v) is 6.21. The first kappa shape index (κ1) is 26.8. The molecule has 0 saturated carbocycles. The van der Waals surface area contributed by atoms with Crippen LogP contribution >= 0.6 is 0 Å². The predicted molar refractivity (Wildman–Crippen MR) is 152 cm³/mol. The van der Waals surface area contributed by atoms with Crippen LogP contribution < -0.4 is 0 Å². The molecule has 0 unspecified atom stereocenters. The van der Waals surface area contributed by atoms with E-state index < -0.39 is 0 Å². The molecule has 36 heavy (non-hydrogen) atoms. The second-order valence-corrected chi connectivity index (χ2v) is 9.34. The fourth-order valence-corrected chi connectivity index (χ4v) is 3.85. The van der Waals surface area contributed by atoms with Gasteiger partial charge in [-0.05, 0) is 99.0 Å². The lowest BCUT2D eigenvalue weighted by molar-refractivity contribution is 0.594. The van der Waals surface area contributed by atoms with Crippen LogP contribution in [-0.2, 0) is 6.42 Å². The van der Waals surface area contributed by atoms with Gasteiger partial charge in [-0.15, -0.1) is 0 Å². The van der Waals surface area contributed by atoms with Gasteiger partial charge in [0.2, 0.25) is 0 Å². The summed E-state index contributed by atoms with van der Waals surface area (Å²) in [5.41, 5.74) is 8.18. The maximum Gasteiger partial charge on any atom is 0.113 e. The smallest absolute Gasteiger partial charge is 0.113 e. The van der Waals surface area contributed by atoms with Crippen LogP contribution in [0.4, 0.5) is 11.4 Å². The number of unbranched alkanes of at least 4 members (excludes halogenated alkanes) is 5. The number of aryl methyl sites for hydroxylation is 2. The van der Waals surface area contributed by atoms with E-state index >= 15 is 0 Å². The Labute approximate surface area is 217 Å². The highest BCUT2D eigenvalue weighted by atomic mass is 15.1. The molecule has 0 spiro atoms. The molecule has 1 heterocycles. The van der Waals surface area contributed by atoms with E-state index in [1.165, 1.54) is 49.7 Å². The molecule has 0 fully saturated rings. The van der Waals surface area contributed by atoms with Crippen molar-refractivity contribution in [2.24, 2.45) is 10.2 Å². The molecule has 0 amide bonds. The lowest BCUT2D eigenvalue weighted by Crippen LogP contribution is -1.87. The Hall–Kier alpha value is -3.77. The quantitative estimate of drug-likeness (QED) is 0.111. The number of aromatic nitrogens is 1. The first-order chi connectivity index (χ1) is 17.5. The number of benzene rings is 2. The number of hydrogen-bond acceptors (Lipinski definition) is 3. The molecule has 3 heteroatoms. The van der Waals surface area contributed by atoms with Crippen molar-refractivity contribution in [3.05, 3.63) is 114 Å². The van der Waals surface area contributed by atoms with Gasteiger partial charge in [0.1, 0.15) is 5.69 Å². The molecule has 0 N–H and O–H groups in total. The summed E-state index contributed by atoms with van der Waals surface area (Å²) in [5.74, 6) is 6.29. The van der Waals surface area contributed by atoms with Gasteiger partial charge in [-0.1, -0.05) is 74.1 Å². The molecule has 0 radical (unpaired) electrons. The molecule has 0 atom stereocenters. The van der Waals surface area contributed by atoms with E-state index in [0.717, 1.165) is 46.6 Å². The van der Waals surface area contributed by atoms with Gasteiger partial charge < -0.3 is 0 Å². The molecule has 184 valence electrons. The maximum absolute atomic E-state index is 4.41. The minimum Gasteiger partial charge on any atom is -0.248 e. The van der Waals surface area contributed by atoms with Crippen molar-refractivity contribution in [3.63, 3.8) is 0 Å². The largest absolute Gasteiger partial charge is 0.248 e. The molecule has 0 aliphatic heterocycles. The highest BCUT2D eigenvalue weighted by Crippen LogP contribution is 2.22. The van der Waals surface area contributed by atoms with Crippen molar-refractivity contribution >= 4 is 11.4 Å². The summed E-state index contributed by atoms with van der Waals surface area (Å²) < 4.78 is 0. The van der Waals surface area contributed by atoms with Crippen LogP contribution in [0.5, 0.6) is 0 Å². The van der Waals surface area contributed by atoms with Gasteiger partial charge in [-0.25, -0.2) is 4.98 Å². The van der Waals surface area contributed by atoms with Gasteiger partial charge in [0, 0.05) is 11.8 Å². The minimum atomic E-state index is 0.765. The van der Waals surface area contributed by atoms with Crippen molar-refractivity contribution in [1.29, 1.82) is 0 Å². The molecule has 3 nitrogen and oxygen atoms in total. The number of azo groups is 1. The zero-order chi connectivity index (χ0) is 25.6. The van der Waals surface area contributed by atoms with Crippen molar-refractivity contribution in [2.45, 2.75) is 65.2 Å². The standard InChI is InChI=1S/C33H37N3/c1-26(2)27(3)13-9-7-5-6-8-10-14-29-16-20-32(21-17-29)35-36-33-23-19-30(28(4)25-33)18-22-31-15-11-12-24-34-31/h11-12,15-17,19-21,23-25H,1,3,5-10,13-14H2,2,4H3/b36-35+. The highest BCUT2D eigenvalue weighted by molar-refractivity contribution is 5.51. The van der Waals surface area contributed by atoms with Gasteiger partial charge in [0.25, 0.3) is 0 Å². The van der Waals surface area contributed by atoms with E-state index in [1.54, 1.807) is 6.20 Å². The first-order valence-corrected chi connectivity index (χ1v) is 12.9. The Kier molecular flexibility index (Phi) is 10.9. The van der Waals surface area contributed by atoms with Crippen LogP contribution in [0.1, 0.15) is 74.3 Å². The van der Waals surface area contributed by atoms with E-state index in [1.807, 2.05) is 62.4 Å². The monoisotopic (exact) mass is 475 g/mol. The summed E-state index contributed by atoms with van der Waals surface area (Å²) in [6, 6.07) is 20.1. The molecule has 3 rings (SSSR count). The Morgan fingerprint density at radius 2 is 1.50 bits per heavy atom. The second-order valence-electron chi connectivity index (χ2n) is 9.34. The zero-order valence-corrected chi connectivity index (χ0v) is 21.8. The normalized spacial score (nSPS) is 10.7. The number of rotatable bonds is 12. The van der Waals surface area contributed by atoms with Crippen molar-refractivity contribution in [1.82, 2.24) is 4.98 Å². The van der Waals surface area contributed by atoms with Crippen molar-refractivity contribution in [3.8, 4) is 11.8 Å². The highest BCUT2D eigenvalue weighted by Gasteiger charge is 2.00. The van der Waals surface area contributed by atoms with Crippen LogP contribution in [-0.4, -0.2) is 4.98 Å². The van der Waals surface area contributed by atoms with Gasteiger partial charge in [-0.3, -0.25) is 0 Å². The molecule has 1 aromatic heterocycles. The third kappa shape index (κ3) is 9.47. The molecule has 0 aliphatic rings. The Morgan fingerprint density at radius 1 is 0.806 bits per heavy atom. The van der Waals surface area contributed by atoms with Crippen molar-refractivity contribution < 1.29 is 0 Å². The van der Waals surface area contributed by atoms with Crippen LogP contribution in [0, 0.1) is 18.8 Å². The molecule has 2 aromatic carbocycles. The summed E-state index contributed by atoms with van der Waals surface area (Å²) in [5, 5.41) is 8.82. The first-order valence-electron chi connectivity index (χ1n) is 12.9. The van der Waals surface area contributed by atoms with Gasteiger partial charge in [-0.2, -0.15) is 10.2 Å². The van der Waals surface area contributed by atoms with Crippen LogP contribution in [0.2, 0.25) is 0 Å². The third-order valence-electron chi connectivity index (χ3n) is 6.21. The summed E-state index contributed by atoms with van der Waals surface area (Å²) in [6.07, 6.45) is 11.6. The van der Waals surface area contributed by atoms with Crippen LogP contribution in [0.25, 0.3) is 0 Å². The summed E-state index contributed by atoms with van der Waals surface area (Å²) >= 11 is 0. The summed E-state index contributed by atoms with van der Waals surface area (Å²) in [6.45, 7) is 12.1. The Balaban J connectivity index is 1.39. The minimum absolute atomic E-state index is 0.765. The van der Waals surface area contributed by atoms with E-state index in [0.29, 0.717) is 0 Å². The molecular formula is C33H37N3. The lowest BCUT2D eigenvalue weighted by Gasteiger charge is -2.05. The fraction of sp³-hybridized carbons (Fsp3) is 0.303. The maximum atomic E-state index is 4.41. The van der Waals surface area contributed by atoms with Crippen LogP contribution in [0.15, 0.2) is 101 Å². The second kappa shape index (κ2) is 14.6. The average molecular weight is 476 g/mol. The Bertz CT molecular complexity index is 1230. The van der Waals surface area contributed by atoms with Crippen LogP contribution in [0.3, 0.4) is 0 Å². The summed E-state index contributed by atoms with van der Waals surface area (Å²) in [4.78, 5) is 4.24. The topological polar surface area (TPSA) is 37.6 Å². The molecule has 0 saturated heterocycles. The van der Waals surface area contributed by atoms with E-state index in [4.69, 9.17) is 0 Å². The van der Waals surface area contributed by atoms with Gasteiger partial charge >= 0.3 is 0 Å². The van der Waals surface area contributed by atoms with Gasteiger partial charge in [0.15, 0.2) is 0 Å². The Morgan fingerprint density at radius 3 is 2.19 bits per heavy atom. The number of pyridine rings is 1. The fourth-order valence-electron chi connectivity index (χ4n) is 3.85. The van der Waals surface area contributed by atoms with Gasteiger partial charge in [0.05, 0.1) is 11.4 Å². The lowest BCUT2D eigenvalue weighted by atomic mass is 10.0. The average Bonchev–Trinajstić information content (AvgIpc) is 2.89.